The van der Waals surface area contributed by atoms with Crippen molar-refractivity contribution >= 4 is 23.7 Å². The van der Waals surface area contributed by atoms with E-state index in [0.717, 1.165) is 17.2 Å². The Morgan fingerprint density at radius 3 is 2.54 bits per heavy atom. The lowest BCUT2D eigenvalue weighted by Crippen LogP contribution is -2.17. The first-order valence-corrected chi connectivity index (χ1v) is 8.72. The van der Waals surface area contributed by atoms with Gasteiger partial charge in [-0.2, -0.15) is 5.10 Å². The molecule has 28 heavy (non-hydrogen) atoms. The molecule has 0 aliphatic heterocycles. The number of carbonyl (C=O) groups excluding carboxylic acids is 1. The van der Waals surface area contributed by atoms with Gasteiger partial charge in [0.2, 0.25) is 0 Å². The third kappa shape index (κ3) is 5.02. The molecule has 0 radical (unpaired) electrons. The predicted molar refractivity (Wildman–Crippen MR) is 107 cm³/mol. The molecule has 0 heterocycles. The number of nitrogens with one attached hydrogen (secondary N) is 1. The zero-order chi connectivity index (χ0) is 19.9. The van der Waals surface area contributed by atoms with E-state index in [9.17, 15) is 15.0 Å². The molecular formula is C21H17ClN2O4. The molecule has 0 spiro atoms. The summed E-state index contributed by atoms with van der Waals surface area (Å²) in [4.78, 5) is 12.0. The van der Waals surface area contributed by atoms with Crippen LogP contribution in [0.4, 0.5) is 0 Å². The lowest BCUT2D eigenvalue weighted by atomic mass is 10.2. The average Bonchev–Trinajstić information content (AvgIpc) is 2.68. The molecule has 0 fully saturated rings. The van der Waals surface area contributed by atoms with Crippen molar-refractivity contribution in [3.8, 4) is 17.2 Å². The standard InChI is InChI=1S/C21H17ClN2O4/c22-19-4-2-1-3-15(19)13-28-17-8-5-14(6-9-17)12-23-24-21(27)18-10-7-16(25)11-20(18)26/h1-12,25-26H,13H2,(H,24,27). The fourth-order valence-corrected chi connectivity index (χ4v) is 2.55. The minimum absolute atomic E-state index is 0.0123. The maximum atomic E-state index is 12.0. The summed E-state index contributed by atoms with van der Waals surface area (Å²) < 4.78 is 5.70. The molecular weight excluding hydrogens is 380 g/mol. The van der Waals surface area contributed by atoms with Crippen molar-refractivity contribution < 1.29 is 19.7 Å². The first kappa shape index (κ1) is 19.3. The third-order valence-electron chi connectivity index (χ3n) is 3.84. The van der Waals surface area contributed by atoms with Gasteiger partial charge in [-0.1, -0.05) is 29.8 Å². The van der Waals surface area contributed by atoms with Gasteiger partial charge in [-0.25, -0.2) is 5.43 Å². The van der Waals surface area contributed by atoms with Crippen LogP contribution in [0, 0.1) is 0 Å². The number of ether oxygens (including phenoxy) is 1. The van der Waals surface area contributed by atoms with Crippen LogP contribution in [0.5, 0.6) is 17.2 Å². The number of hydrazone groups is 1. The molecule has 3 aromatic carbocycles. The number of hydrogen-bond donors (Lipinski definition) is 3. The Bertz CT molecular complexity index is 1000. The van der Waals surface area contributed by atoms with Gasteiger partial charge in [0.05, 0.1) is 11.8 Å². The Morgan fingerprint density at radius 2 is 1.82 bits per heavy atom. The second-order valence-corrected chi connectivity index (χ2v) is 6.26. The highest BCUT2D eigenvalue weighted by molar-refractivity contribution is 6.31. The van der Waals surface area contributed by atoms with Crippen molar-refractivity contribution in [3.63, 3.8) is 0 Å². The summed E-state index contributed by atoms with van der Waals surface area (Å²) >= 11 is 6.10. The number of phenolic OH excluding ortho intramolecular Hbond substituents is 2. The van der Waals surface area contributed by atoms with Crippen molar-refractivity contribution in [2.75, 3.05) is 0 Å². The predicted octanol–water partition coefficient (Wildman–Crippen LogP) is 4.09. The van der Waals surface area contributed by atoms with Gasteiger partial charge >= 0.3 is 0 Å². The molecule has 3 N–H and O–H groups in total. The number of halogens is 1. The number of rotatable bonds is 6. The second kappa shape index (κ2) is 8.92. The van der Waals surface area contributed by atoms with Gasteiger partial charge in [0, 0.05) is 16.7 Å². The maximum Gasteiger partial charge on any atom is 0.275 e. The van der Waals surface area contributed by atoms with Crippen molar-refractivity contribution in [2.45, 2.75) is 6.61 Å². The normalized spacial score (nSPS) is 10.8. The Morgan fingerprint density at radius 1 is 1.07 bits per heavy atom. The van der Waals surface area contributed by atoms with Crippen LogP contribution in [0.3, 0.4) is 0 Å². The fraction of sp³-hybridized carbons (Fsp3) is 0.0476. The summed E-state index contributed by atoms with van der Waals surface area (Å²) in [6.07, 6.45) is 1.47. The number of benzene rings is 3. The van der Waals surface area contributed by atoms with Crippen molar-refractivity contribution in [1.29, 1.82) is 0 Å². The van der Waals surface area contributed by atoms with E-state index < -0.39 is 5.91 Å². The second-order valence-electron chi connectivity index (χ2n) is 5.85. The van der Waals surface area contributed by atoms with Gasteiger partial charge in [0.25, 0.3) is 5.91 Å². The quantitative estimate of drug-likeness (QED) is 0.432. The highest BCUT2D eigenvalue weighted by Crippen LogP contribution is 2.22. The topological polar surface area (TPSA) is 91.2 Å². The molecule has 6 nitrogen and oxygen atoms in total. The minimum Gasteiger partial charge on any atom is -0.508 e. The summed E-state index contributed by atoms with van der Waals surface area (Å²) in [6.45, 7) is 0.360. The van der Waals surface area contributed by atoms with E-state index in [2.05, 4.69) is 10.5 Å². The van der Waals surface area contributed by atoms with Gasteiger partial charge < -0.3 is 14.9 Å². The Kier molecular flexibility index (Phi) is 6.14. The van der Waals surface area contributed by atoms with Crippen LogP contribution in [0.25, 0.3) is 0 Å². The number of phenols is 2. The van der Waals surface area contributed by atoms with E-state index in [-0.39, 0.29) is 17.1 Å². The summed E-state index contributed by atoms with van der Waals surface area (Å²) in [6, 6.07) is 18.3. The molecule has 0 bridgehead atoms. The van der Waals surface area contributed by atoms with Crippen molar-refractivity contribution in [1.82, 2.24) is 5.43 Å². The number of hydrogen-bond acceptors (Lipinski definition) is 5. The van der Waals surface area contributed by atoms with E-state index in [1.807, 2.05) is 24.3 Å². The number of nitrogens with zero attached hydrogens (tertiary/aromatic N) is 1. The van der Waals surface area contributed by atoms with Gasteiger partial charge in [-0.3, -0.25) is 4.79 Å². The van der Waals surface area contributed by atoms with Crippen LogP contribution >= 0.6 is 11.6 Å². The number of amides is 1. The molecule has 0 aliphatic rings. The zero-order valence-corrected chi connectivity index (χ0v) is 15.4. The lowest BCUT2D eigenvalue weighted by Gasteiger charge is -2.07. The number of carbonyl (C=O) groups is 1. The maximum absolute atomic E-state index is 12.0. The van der Waals surface area contributed by atoms with Crippen molar-refractivity contribution in [3.05, 3.63) is 88.4 Å². The lowest BCUT2D eigenvalue weighted by molar-refractivity contribution is 0.0952. The van der Waals surface area contributed by atoms with E-state index in [0.29, 0.717) is 17.4 Å². The molecule has 0 saturated heterocycles. The highest BCUT2D eigenvalue weighted by atomic mass is 35.5. The fourth-order valence-electron chi connectivity index (χ4n) is 2.36. The first-order chi connectivity index (χ1) is 13.5. The van der Waals surface area contributed by atoms with Crippen LogP contribution in [-0.4, -0.2) is 22.3 Å². The molecule has 0 saturated carbocycles. The van der Waals surface area contributed by atoms with Crippen LogP contribution in [0.15, 0.2) is 71.8 Å². The Hall–Kier alpha value is -3.51. The molecule has 7 heteroatoms. The average molecular weight is 397 g/mol. The molecule has 0 aromatic heterocycles. The summed E-state index contributed by atoms with van der Waals surface area (Å²) in [5.74, 6) is -0.370. The van der Waals surface area contributed by atoms with Crippen LogP contribution < -0.4 is 10.2 Å². The number of aromatic hydroxyl groups is 2. The molecule has 142 valence electrons. The zero-order valence-electron chi connectivity index (χ0n) is 14.7. The van der Waals surface area contributed by atoms with Gasteiger partial charge in [-0.15, -0.1) is 0 Å². The molecule has 1 amide bonds. The van der Waals surface area contributed by atoms with Gasteiger partial charge in [0.15, 0.2) is 0 Å². The SMILES string of the molecule is O=C(NN=Cc1ccc(OCc2ccccc2Cl)cc1)c1ccc(O)cc1O. The molecule has 0 aliphatic carbocycles. The minimum atomic E-state index is -0.589. The van der Waals surface area contributed by atoms with Crippen LogP contribution in [0.1, 0.15) is 21.5 Å². The Balaban J connectivity index is 1.55. The Labute approximate surface area is 166 Å². The third-order valence-corrected chi connectivity index (χ3v) is 4.21. The van der Waals surface area contributed by atoms with E-state index in [1.165, 1.54) is 18.3 Å². The molecule has 0 atom stereocenters. The summed E-state index contributed by atoms with van der Waals surface area (Å²) in [5.41, 5.74) is 3.98. The smallest absolute Gasteiger partial charge is 0.275 e. The molecule has 3 rings (SSSR count). The van der Waals surface area contributed by atoms with E-state index in [4.69, 9.17) is 16.3 Å². The molecule has 0 unspecified atom stereocenters. The molecule has 3 aromatic rings. The summed E-state index contributed by atoms with van der Waals surface area (Å²) in [7, 11) is 0. The first-order valence-electron chi connectivity index (χ1n) is 8.34. The van der Waals surface area contributed by atoms with E-state index in [1.54, 1.807) is 24.3 Å². The monoisotopic (exact) mass is 396 g/mol. The van der Waals surface area contributed by atoms with Crippen molar-refractivity contribution in [2.24, 2.45) is 5.10 Å². The van der Waals surface area contributed by atoms with E-state index >= 15 is 0 Å². The van der Waals surface area contributed by atoms with Crippen LogP contribution in [0.2, 0.25) is 5.02 Å². The van der Waals surface area contributed by atoms with Gasteiger partial charge in [0.1, 0.15) is 23.9 Å². The largest absolute Gasteiger partial charge is 0.508 e. The summed E-state index contributed by atoms with van der Waals surface area (Å²) in [5, 5.41) is 23.4. The van der Waals surface area contributed by atoms with Crippen LogP contribution in [-0.2, 0) is 6.61 Å². The highest BCUT2D eigenvalue weighted by Gasteiger charge is 2.10. The van der Waals surface area contributed by atoms with Gasteiger partial charge in [-0.05, 0) is 48.0 Å².